The predicted molar refractivity (Wildman–Crippen MR) is 120 cm³/mol. The van der Waals surface area contributed by atoms with Crippen molar-refractivity contribution in [3.63, 3.8) is 0 Å². The van der Waals surface area contributed by atoms with E-state index in [1.54, 1.807) is 13.0 Å². The van der Waals surface area contributed by atoms with E-state index in [4.69, 9.17) is 0 Å². The summed E-state index contributed by atoms with van der Waals surface area (Å²) in [5.41, 5.74) is 1.53. The molecule has 3 aromatic rings. The van der Waals surface area contributed by atoms with Crippen molar-refractivity contribution < 1.29 is 22.4 Å². The van der Waals surface area contributed by atoms with Crippen LogP contribution in [0.1, 0.15) is 12.1 Å². The third kappa shape index (κ3) is 5.14. The van der Waals surface area contributed by atoms with Crippen molar-refractivity contribution in [3.05, 3.63) is 72.3 Å². The van der Waals surface area contributed by atoms with Crippen molar-refractivity contribution in [1.29, 1.82) is 0 Å². The van der Waals surface area contributed by atoms with E-state index >= 15 is 0 Å². The zero-order chi connectivity index (χ0) is 23.6. The van der Waals surface area contributed by atoms with E-state index < -0.39 is 21.8 Å². The Balaban J connectivity index is 1.40. The smallest absolute Gasteiger partial charge is 0.264 e. The molecule has 1 atom stereocenters. The molecule has 1 saturated heterocycles. The Bertz CT molecular complexity index is 1300. The highest BCUT2D eigenvalue weighted by atomic mass is 32.2. The number of hydrogen-bond donors (Lipinski definition) is 2. The van der Waals surface area contributed by atoms with E-state index in [9.17, 15) is 22.4 Å². The van der Waals surface area contributed by atoms with Gasteiger partial charge in [0.25, 0.3) is 10.0 Å². The summed E-state index contributed by atoms with van der Waals surface area (Å²) in [6.45, 7) is 1.89. The van der Waals surface area contributed by atoms with Crippen molar-refractivity contribution in [2.45, 2.75) is 18.2 Å². The van der Waals surface area contributed by atoms with Crippen LogP contribution in [-0.4, -0.2) is 36.7 Å². The fourth-order valence-corrected chi connectivity index (χ4v) is 4.34. The molecule has 1 aromatic heterocycles. The van der Waals surface area contributed by atoms with Gasteiger partial charge in [-0.1, -0.05) is 0 Å². The molecular formula is C22H20FN5O4S. The number of rotatable bonds is 6. The van der Waals surface area contributed by atoms with E-state index in [0.717, 1.165) is 0 Å². The van der Waals surface area contributed by atoms with Crippen LogP contribution >= 0.6 is 0 Å². The Morgan fingerprint density at radius 1 is 1.09 bits per heavy atom. The number of carbonyl (C=O) groups is 2. The number of halogens is 1. The number of hydrogen-bond acceptors (Lipinski definition) is 6. The maximum absolute atomic E-state index is 13.1. The number of carbonyl (C=O) groups excluding carboxylic acids is 2. The number of nitrogens with zero attached hydrogens (tertiary/aromatic N) is 3. The third-order valence-corrected chi connectivity index (χ3v) is 6.43. The number of aromatic nitrogens is 2. The second-order valence-corrected chi connectivity index (χ2v) is 9.20. The highest BCUT2D eigenvalue weighted by Gasteiger charge is 2.35. The third-order valence-electron chi connectivity index (χ3n) is 5.09. The molecule has 0 spiro atoms. The van der Waals surface area contributed by atoms with Gasteiger partial charge < -0.3 is 10.2 Å². The molecule has 1 fully saturated rings. The first-order valence-corrected chi connectivity index (χ1v) is 11.5. The van der Waals surface area contributed by atoms with Crippen LogP contribution in [0.2, 0.25) is 0 Å². The van der Waals surface area contributed by atoms with Crippen LogP contribution < -0.4 is 14.9 Å². The molecule has 2 amide bonds. The summed E-state index contributed by atoms with van der Waals surface area (Å²) in [5, 5.41) is 2.70. The monoisotopic (exact) mass is 469 g/mol. The molecule has 2 aromatic carbocycles. The highest BCUT2D eigenvalue weighted by Crippen LogP contribution is 2.26. The van der Waals surface area contributed by atoms with Crippen molar-refractivity contribution in [3.8, 4) is 0 Å². The zero-order valence-electron chi connectivity index (χ0n) is 17.5. The zero-order valence-corrected chi connectivity index (χ0v) is 18.3. The number of aryl methyl sites for hydroxylation is 1. The van der Waals surface area contributed by atoms with Gasteiger partial charge in [-0.05, 0) is 61.5 Å². The van der Waals surface area contributed by atoms with Crippen molar-refractivity contribution in [2.24, 2.45) is 5.92 Å². The van der Waals surface area contributed by atoms with E-state index in [0.29, 0.717) is 17.1 Å². The van der Waals surface area contributed by atoms with E-state index in [-0.39, 0.29) is 35.6 Å². The first-order chi connectivity index (χ1) is 15.7. The largest absolute Gasteiger partial charge is 0.326 e. The van der Waals surface area contributed by atoms with Gasteiger partial charge in [0.05, 0.1) is 10.8 Å². The molecule has 0 bridgehead atoms. The lowest BCUT2D eigenvalue weighted by atomic mass is 10.1. The maximum atomic E-state index is 13.1. The maximum Gasteiger partial charge on any atom is 0.264 e. The van der Waals surface area contributed by atoms with Gasteiger partial charge in [-0.15, -0.1) is 0 Å². The molecule has 0 aliphatic carbocycles. The molecule has 2 heterocycles. The topological polar surface area (TPSA) is 121 Å². The summed E-state index contributed by atoms with van der Waals surface area (Å²) in [7, 11) is -3.90. The molecule has 0 unspecified atom stereocenters. The van der Waals surface area contributed by atoms with Gasteiger partial charge >= 0.3 is 0 Å². The minimum absolute atomic E-state index is 0.0239. The Kier molecular flexibility index (Phi) is 6.05. The van der Waals surface area contributed by atoms with Gasteiger partial charge in [0.2, 0.25) is 17.8 Å². The normalized spacial score (nSPS) is 16.0. The highest BCUT2D eigenvalue weighted by molar-refractivity contribution is 7.92. The van der Waals surface area contributed by atoms with Crippen molar-refractivity contribution >= 4 is 39.2 Å². The average Bonchev–Trinajstić information content (AvgIpc) is 3.16. The average molecular weight is 469 g/mol. The van der Waals surface area contributed by atoms with Crippen molar-refractivity contribution in [1.82, 2.24) is 9.97 Å². The molecule has 1 aliphatic rings. The van der Waals surface area contributed by atoms with E-state index in [1.165, 1.54) is 59.6 Å². The molecule has 2 N–H and O–H groups in total. The van der Waals surface area contributed by atoms with Gasteiger partial charge in [-0.3, -0.25) is 9.59 Å². The molecule has 1 aliphatic heterocycles. The number of anilines is 3. The van der Waals surface area contributed by atoms with Crippen LogP contribution in [0.5, 0.6) is 0 Å². The number of sulfonamides is 1. The summed E-state index contributed by atoms with van der Waals surface area (Å²) in [6.07, 6.45) is 1.47. The molecule has 0 radical (unpaired) electrons. The van der Waals surface area contributed by atoms with Crippen LogP contribution in [0.25, 0.3) is 0 Å². The molecule has 11 heteroatoms. The second kappa shape index (κ2) is 8.94. The predicted octanol–water partition coefficient (Wildman–Crippen LogP) is 2.72. The van der Waals surface area contributed by atoms with Crippen LogP contribution in [0.15, 0.2) is 65.7 Å². The second-order valence-electron chi connectivity index (χ2n) is 7.52. The fourth-order valence-electron chi connectivity index (χ4n) is 3.39. The Labute approximate surface area is 189 Å². The van der Waals surface area contributed by atoms with Gasteiger partial charge in [-0.25, -0.2) is 27.5 Å². The molecule has 4 rings (SSSR count). The van der Waals surface area contributed by atoms with Crippen LogP contribution in [0.4, 0.5) is 21.7 Å². The Morgan fingerprint density at radius 2 is 1.79 bits per heavy atom. The first kappa shape index (κ1) is 22.3. The van der Waals surface area contributed by atoms with Crippen LogP contribution in [0.3, 0.4) is 0 Å². The van der Waals surface area contributed by atoms with Crippen LogP contribution in [-0.2, 0) is 19.6 Å². The van der Waals surface area contributed by atoms with Gasteiger partial charge in [0.15, 0.2) is 0 Å². The summed E-state index contributed by atoms with van der Waals surface area (Å²) in [4.78, 5) is 34.3. The lowest BCUT2D eigenvalue weighted by Crippen LogP contribution is -2.28. The van der Waals surface area contributed by atoms with Crippen LogP contribution in [0, 0.1) is 18.7 Å². The Morgan fingerprint density at radius 3 is 2.45 bits per heavy atom. The number of benzene rings is 2. The van der Waals surface area contributed by atoms with Gasteiger partial charge in [-0.2, -0.15) is 0 Å². The van der Waals surface area contributed by atoms with Gasteiger partial charge in [0, 0.05) is 36.2 Å². The molecule has 170 valence electrons. The van der Waals surface area contributed by atoms with E-state index in [2.05, 4.69) is 20.0 Å². The summed E-state index contributed by atoms with van der Waals surface area (Å²) in [6, 6.07) is 12.7. The molecule has 0 saturated carbocycles. The quantitative estimate of drug-likeness (QED) is 0.573. The minimum Gasteiger partial charge on any atom is -0.326 e. The lowest BCUT2D eigenvalue weighted by molar-refractivity contribution is -0.122. The minimum atomic E-state index is -3.90. The molecule has 33 heavy (non-hydrogen) atoms. The number of nitrogens with one attached hydrogen (secondary N) is 2. The molecular weight excluding hydrogens is 449 g/mol. The Hall–Kier alpha value is -3.86. The first-order valence-electron chi connectivity index (χ1n) is 10.0. The van der Waals surface area contributed by atoms with Crippen molar-refractivity contribution in [2.75, 3.05) is 21.5 Å². The lowest BCUT2D eigenvalue weighted by Gasteiger charge is -2.16. The van der Waals surface area contributed by atoms with Gasteiger partial charge in [0.1, 0.15) is 5.82 Å². The number of amides is 2. The fraction of sp³-hybridized carbons (Fsp3) is 0.182. The summed E-state index contributed by atoms with van der Waals surface area (Å²) < 4.78 is 40.5. The summed E-state index contributed by atoms with van der Waals surface area (Å²) in [5.74, 6) is -1.63. The summed E-state index contributed by atoms with van der Waals surface area (Å²) >= 11 is 0. The van der Waals surface area contributed by atoms with E-state index in [1.807, 2.05) is 0 Å². The molecule has 9 nitrogen and oxygen atoms in total. The SMILES string of the molecule is Cc1ccnc(NS(=O)(=O)c2ccc(NC(=O)[C@H]3CC(=O)N(c4ccc(F)cc4)C3)cc2)n1. The standard InChI is InChI=1S/C22H20FN5O4S/c1-14-10-11-24-22(25-14)27-33(31,32)19-8-4-17(5-9-19)26-21(30)15-12-20(29)28(13-15)18-6-2-16(23)3-7-18/h2-11,15H,12-13H2,1H3,(H,26,30)(H,24,25,27)/t15-/m0/s1.